The van der Waals surface area contributed by atoms with Crippen LogP contribution < -0.4 is 0 Å². The van der Waals surface area contributed by atoms with E-state index in [0.717, 1.165) is 21.5 Å². The molecule has 0 aromatic heterocycles. The molecular weight excluding hydrogens is 276 g/mol. The molecule has 0 saturated heterocycles. The van der Waals surface area contributed by atoms with Crippen LogP contribution in [0.2, 0.25) is 5.02 Å². The Kier molecular flexibility index (Phi) is 2.07. The van der Waals surface area contributed by atoms with Crippen LogP contribution in [-0.2, 0) is 0 Å². The summed E-state index contributed by atoms with van der Waals surface area (Å²) in [5.41, 5.74) is 0.962. The third-order valence-corrected chi connectivity index (χ3v) is 3.82. The van der Waals surface area contributed by atoms with Gasteiger partial charge in [-0.15, -0.1) is 0 Å². The molecule has 0 atom stereocenters. The van der Waals surface area contributed by atoms with Crippen molar-refractivity contribution in [1.82, 2.24) is 0 Å². The number of fused-ring (bicyclic) bond motifs is 3. The van der Waals surface area contributed by atoms with Gasteiger partial charge in [0, 0.05) is 5.02 Å². The highest BCUT2D eigenvalue weighted by atomic mass is 35.5. The maximum absolute atomic E-state index is 8.32. The lowest BCUT2D eigenvalue weighted by molar-refractivity contribution is 1.66. The van der Waals surface area contributed by atoms with Crippen molar-refractivity contribution < 1.29 is 5.48 Å². The lowest BCUT2D eigenvalue weighted by Gasteiger charge is -2.11. The highest BCUT2D eigenvalue weighted by Gasteiger charge is 2.07. The van der Waals surface area contributed by atoms with Gasteiger partial charge in [0.25, 0.3) is 0 Å². The molecule has 0 amide bonds. The largest absolute Gasteiger partial charge is 0.0843 e. The number of halogens is 1. The van der Waals surface area contributed by atoms with Gasteiger partial charge in [-0.2, -0.15) is 0 Å². The molecule has 0 heterocycles. The van der Waals surface area contributed by atoms with E-state index < -0.39 is 0 Å². The van der Waals surface area contributed by atoms with Crippen LogP contribution in [0.3, 0.4) is 0 Å². The SMILES string of the molecule is [2H]c1c([2H])c(-c2cc3ccccc3c3ccccc23)c([2H])c([2H])c1Cl. The van der Waals surface area contributed by atoms with E-state index in [4.69, 9.17) is 17.1 Å². The maximum atomic E-state index is 8.32. The van der Waals surface area contributed by atoms with Crippen LogP contribution in [0.25, 0.3) is 32.7 Å². The van der Waals surface area contributed by atoms with Crippen LogP contribution in [0.4, 0.5) is 0 Å². The second-order valence-electron chi connectivity index (χ2n) is 4.88. The average molecular weight is 293 g/mol. The van der Waals surface area contributed by atoms with Crippen LogP contribution in [0.1, 0.15) is 5.48 Å². The molecule has 0 N–H and O–H groups in total. The molecule has 1 heteroatoms. The minimum Gasteiger partial charge on any atom is -0.0843 e. The predicted octanol–water partition coefficient (Wildman–Crippen LogP) is 6.31. The van der Waals surface area contributed by atoms with Crippen LogP contribution in [-0.4, -0.2) is 0 Å². The lowest BCUT2D eigenvalue weighted by Crippen LogP contribution is -1.84. The summed E-state index contributed by atoms with van der Waals surface area (Å²) in [6, 6.07) is 17.0. The van der Waals surface area contributed by atoms with E-state index in [-0.39, 0.29) is 34.8 Å². The van der Waals surface area contributed by atoms with Crippen molar-refractivity contribution in [2.75, 3.05) is 0 Å². The highest BCUT2D eigenvalue weighted by molar-refractivity contribution is 6.30. The zero-order valence-corrected chi connectivity index (χ0v) is 11.8. The minimum absolute atomic E-state index is 0.119. The quantitative estimate of drug-likeness (QED) is 0.360. The fourth-order valence-electron chi connectivity index (χ4n) is 2.69. The van der Waals surface area contributed by atoms with E-state index in [0.29, 0.717) is 5.56 Å². The molecule has 21 heavy (non-hydrogen) atoms. The van der Waals surface area contributed by atoms with Crippen LogP contribution in [0, 0.1) is 0 Å². The van der Waals surface area contributed by atoms with Crippen molar-refractivity contribution in [3.63, 3.8) is 0 Å². The second kappa shape index (κ2) is 4.91. The molecule has 100 valence electrons. The third-order valence-electron chi connectivity index (χ3n) is 3.63. The molecule has 4 rings (SSSR count). The van der Waals surface area contributed by atoms with E-state index in [1.807, 2.05) is 54.6 Å². The van der Waals surface area contributed by atoms with Gasteiger partial charge in [-0.1, -0.05) is 72.2 Å². The Labute approximate surface area is 134 Å². The van der Waals surface area contributed by atoms with Crippen LogP contribution >= 0.6 is 11.6 Å². The Bertz CT molecular complexity index is 1120. The molecule has 0 aliphatic carbocycles. The monoisotopic (exact) mass is 292 g/mol. The van der Waals surface area contributed by atoms with Crippen LogP contribution in [0.5, 0.6) is 0 Å². The Hall–Kier alpha value is -2.31. The summed E-state index contributed by atoms with van der Waals surface area (Å²) in [5, 5.41) is 3.84. The Morgan fingerprint density at radius 1 is 0.714 bits per heavy atom. The Balaban J connectivity index is 2.22. The summed E-state index contributed by atoms with van der Waals surface area (Å²) < 4.78 is 32.7. The molecule has 0 nitrogen and oxygen atoms in total. The zero-order chi connectivity index (χ0) is 17.7. The molecule has 4 aromatic rings. The van der Waals surface area contributed by atoms with Gasteiger partial charge in [-0.3, -0.25) is 0 Å². The summed E-state index contributed by atoms with van der Waals surface area (Å²) in [6.07, 6.45) is 0. The summed E-state index contributed by atoms with van der Waals surface area (Å²) >= 11 is 5.95. The molecule has 0 saturated carbocycles. The maximum Gasteiger partial charge on any atom is 0.0639 e. The van der Waals surface area contributed by atoms with Gasteiger partial charge in [0.15, 0.2) is 0 Å². The average Bonchev–Trinajstić information content (AvgIpc) is 2.65. The van der Waals surface area contributed by atoms with E-state index in [2.05, 4.69) is 0 Å². The number of benzene rings is 4. The number of hydrogen-bond donors (Lipinski definition) is 0. The normalized spacial score (nSPS) is 13.8. The summed E-state index contributed by atoms with van der Waals surface area (Å²) in [6.45, 7) is 0. The van der Waals surface area contributed by atoms with Gasteiger partial charge < -0.3 is 0 Å². The molecule has 0 spiro atoms. The summed E-state index contributed by atoms with van der Waals surface area (Å²) in [5.74, 6) is 0. The predicted molar refractivity (Wildman–Crippen MR) is 91.9 cm³/mol. The van der Waals surface area contributed by atoms with Gasteiger partial charge in [0.2, 0.25) is 0 Å². The molecule has 0 bridgehead atoms. The highest BCUT2D eigenvalue weighted by Crippen LogP contribution is 2.35. The van der Waals surface area contributed by atoms with Crippen molar-refractivity contribution in [1.29, 1.82) is 0 Å². The van der Waals surface area contributed by atoms with Crippen molar-refractivity contribution in [2.45, 2.75) is 0 Å². The fourth-order valence-corrected chi connectivity index (χ4v) is 2.79. The molecule has 0 aliphatic rings. The summed E-state index contributed by atoms with van der Waals surface area (Å²) in [4.78, 5) is 0. The first-order valence-corrected chi connectivity index (χ1v) is 7.05. The minimum atomic E-state index is -0.213. The Morgan fingerprint density at radius 2 is 1.33 bits per heavy atom. The lowest BCUT2D eigenvalue weighted by atomic mass is 9.93. The Morgan fingerprint density at radius 3 is 2.10 bits per heavy atom. The fraction of sp³-hybridized carbons (Fsp3) is 0. The third kappa shape index (κ3) is 2.09. The molecular formula is C20H13Cl. The van der Waals surface area contributed by atoms with Gasteiger partial charge >= 0.3 is 0 Å². The van der Waals surface area contributed by atoms with Crippen molar-refractivity contribution >= 4 is 33.1 Å². The van der Waals surface area contributed by atoms with Gasteiger partial charge in [-0.05, 0) is 50.8 Å². The van der Waals surface area contributed by atoms with E-state index >= 15 is 0 Å². The zero-order valence-electron chi connectivity index (χ0n) is 15.1. The molecule has 0 fully saturated rings. The smallest absolute Gasteiger partial charge is 0.0639 e. The van der Waals surface area contributed by atoms with Crippen molar-refractivity contribution in [2.24, 2.45) is 0 Å². The van der Waals surface area contributed by atoms with Gasteiger partial charge in [0.1, 0.15) is 0 Å². The molecule has 4 aromatic carbocycles. The van der Waals surface area contributed by atoms with Gasteiger partial charge in [0.05, 0.1) is 5.48 Å². The first-order chi connectivity index (χ1) is 12.0. The number of hydrogen-bond acceptors (Lipinski definition) is 0. The first kappa shape index (κ1) is 8.86. The number of rotatable bonds is 1. The molecule has 0 aliphatic heterocycles. The first-order valence-electron chi connectivity index (χ1n) is 8.67. The van der Waals surface area contributed by atoms with E-state index in [1.54, 1.807) is 0 Å². The van der Waals surface area contributed by atoms with Crippen molar-refractivity contribution in [3.8, 4) is 11.1 Å². The van der Waals surface area contributed by atoms with Crippen LogP contribution in [0.15, 0.2) is 78.8 Å². The molecule has 0 radical (unpaired) electrons. The van der Waals surface area contributed by atoms with E-state index in [9.17, 15) is 0 Å². The topological polar surface area (TPSA) is 0 Å². The van der Waals surface area contributed by atoms with Gasteiger partial charge in [-0.25, -0.2) is 0 Å². The van der Waals surface area contributed by atoms with Crippen molar-refractivity contribution in [3.05, 3.63) is 83.8 Å². The standard InChI is InChI=1S/C20H13Cl/c21-16-11-9-14(10-12-16)20-13-15-5-1-2-6-17(15)18-7-3-4-8-19(18)20/h1-13H/i9D,10D,11D,12D. The summed E-state index contributed by atoms with van der Waals surface area (Å²) in [7, 11) is 0. The molecule has 0 unspecified atom stereocenters. The second-order valence-corrected chi connectivity index (χ2v) is 5.26. The van der Waals surface area contributed by atoms with E-state index in [1.165, 1.54) is 0 Å².